The molecule has 1 amide bonds. The molecular weight excluding hydrogens is 280 g/mol. The summed E-state index contributed by atoms with van der Waals surface area (Å²) < 4.78 is 11.8. The molecule has 22 heavy (non-hydrogen) atoms. The topological polar surface area (TPSA) is 42.0 Å². The second-order valence-electron chi connectivity index (χ2n) is 6.40. The molecule has 2 fully saturated rings. The first-order valence-corrected chi connectivity index (χ1v) is 8.17. The van der Waals surface area contributed by atoms with Crippen molar-refractivity contribution >= 4 is 5.91 Å². The van der Waals surface area contributed by atoms with Gasteiger partial charge in [0.1, 0.15) is 6.10 Å². The van der Waals surface area contributed by atoms with E-state index in [1.165, 1.54) is 12.8 Å². The highest BCUT2D eigenvalue weighted by molar-refractivity contribution is 5.82. The van der Waals surface area contributed by atoms with E-state index in [4.69, 9.17) is 9.47 Å². The Morgan fingerprint density at radius 2 is 1.68 bits per heavy atom. The van der Waals surface area contributed by atoms with Crippen LogP contribution in [0.2, 0.25) is 0 Å². The van der Waals surface area contributed by atoms with Gasteiger partial charge in [0.15, 0.2) is 11.5 Å². The summed E-state index contributed by atoms with van der Waals surface area (Å²) in [5.41, 5.74) is 0. The summed E-state index contributed by atoms with van der Waals surface area (Å²) in [5.74, 6) is 1.44. The van der Waals surface area contributed by atoms with Crippen LogP contribution in [0.1, 0.15) is 19.8 Å². The molecule has 4 rings (SSSR count). The van der Waals surface area contributed by atoms with Crippen molar-refractivity contribution in [1.29, 1.82) is 0 Å². The summed E-state index contributed by atoms with van der Waals surface area (Å²) in [6.07, 6.45) is 1.84. The number of para-hydroxylation sites is 2. The third-order valence-corrected chi connectivity index (χ3v) is 4.77. The van der Waals surface area contributed by atoms with Gasteiger partial charge in [0.25, 0.3) is 5.91 Å². The normalized spacial score (nSPS) is 28.5. The minimum Gasteiger partial charge on any atom is -0.482 e. The number of amides is 1. The van der Waals surface area contributed by atoms with Crippen LogP contribution in [-0.4, -0.2) is 60.1 Å². The predicted octanol–water partition coefficient (Wildman–Crippen LogP) is 1.52. The Labute approximate surface area is 130 Å². The lowest BCUT2D eigenvalue weighted by molar-refractivity contribution is -0.146. The van der Waals surface area contributed by atoms with Gasteiger partial charge in [-0.25, -0.2) is 0 Å². The molecule has 2 heterocycles. The summed E-state index contributed by atoms with van der Waals surface area (Å²) >= 11 is 0. The Morgan fingerprint density at radius 1 is 1.05 bits per heavy atom. The number of carbonyl (C=O) groups is 1. The highest BCUT2D eigenvalue weighted by Crippen LogP contribution is 2.34. The van der Waals surface area contributed by atoms with E-state index in [1.807, 2.05) is 36.1 Å². The van der Waals surface area contributed by atoms with Crippen molar-refractivity contribution in [2.75, 3.05) is 26.2 Å². The first kappa shape index (κ1) is 13.9. The Morgan fingerprint density at radius 3 is 2.32 bits per heavy atom. The van der Waals surface area contributed by atoms with Crippen LogP contribution in [0.15, 0.2) is 24.3 Å². The molecule has 5 heteroatoms. The third-order valence-electron chi connectivity index (χ3n) is 4.77. The first-order chi connectivity index (χ1) is 10.7. The highest BCUT2D eigenvalue weighted by Gasteiger charge is 2.39. The zero-order valence-electron chi connectivity index (χ0n) is 12.9. The van der Waals surface area contributed by atoms with Crippen molar-refractivity contribution < 1.29 is 14.3 Å². The van der Waals surface area contributed by atoms with E-state index in [-0.39, 0.29) is 12.0 Å². The van der Waals surface area contributed by atoms with E-state index in [0.717, 1.165) is 38.0 Å². The van der Waals surface area contributed by atoms with Crippen molar-refractivity contribution in [2.24, 2.45) is 0 Å². The van der Waals surface area contributed by atoms with Crippen molar-refractivity contribution in [3.63, 3.8) is 0 Å². The molecule has 0 bridgehead atoms. The summed E-state index contributed by atoms with van der Waals surface area (Å²) in [6, 6.07) is 8.31. The number of hydrogen-bond acceptors (Lipinski definition) is 4. The minimum absolute atomic E-state index is 0.0532. The lowest BCUT2D eigenvalue weighted by Crippen LogP contribution is -2.56. The number of fused-ring (bicyclic) bond motifs is 1. The second kappa shape index (κ2) is 5.47. The van der Waals surface area contributed by atoms with E-state index in [2.05, 4.69) is 4.90 Å². The van der Waals surface area contributed by atoms with Crippen molar-refractivity contribution in [2.45, 2.75) is 38.0 Å². The van der Waals surface area contributed by atoms with Gasteiger partial charge in [0, 0.05) is 32.2 Å². The Hall–Kier alpha value is -1.75. The fourth-order valence-corrected chi connectivity index (χ4v) is 3.32. The molecule has 0 spiro atoms. The monoisotopic (exact) mass is 302 g/mol. The van der Waals surface area contributed by atoms with Gasteiger partial charge in [-0.15, -0.1) is 0 Å². The maximum absolute atomic E-state index is 12.8. The van der Waals surface area contributed by atoms with E-state index in [9.17, 15) is 4.79 Å². The SMILES string of the molecule is C[C@H]1Oc2ccccc2O[C@@H]1C(=O)N1CCN(C2CC2)CC1. The van der Waals surface area contributed by atoms with Crippen molar-refractivity contribution in [3.05, 3.63) is 24.3 Å². The lowest BCUT2D eigenvalue weighted by Gasteiger charge is -2.38. The number of piperazine rings is 1. The molecule has 0 unspecified atom stereocenters. The van der Waals surface area contributed by atoms with Gasteiger partial charge >= 0.3 is 0 Å². The van der Waals surface area contributed by atoms with Gasteiger partial charge in [0.05, 0.1) is 0 Å². The molecule has 2 aliphatic heterocycles. The lowest BCUT2D eigenvalue weighted by atomic mass is 10.1. The average Bonchev–Trinajstić information content (AvgIpc) is 3.39. The molecule has 118 valence electrons. The van der Waals surface area contributed by atoms with Crippen LogP contribution in [0.4, 0.5) is 0 Å². The number of nitrogens with zero attached hydrogens (tertiary/aromatic N) is 2. The Bertz CT molecular complexity index is 565. The molecule has 1 aromatic rings. The van der Waals surface area contributed by atoms with Crippen molar-refractivity contribution in [1.82, 2.24) is 9.80 Å². The van der Waals surface area contributed by atoms with E-state index < -0.39 is 6.10 Å². The van der Waals surface area contributed by atoms with Gasteiger partial charge in [0.2, 0.25) is 6.10 Å². The van der Waals surface area contributed by atoms with Crippen LogP contribution in [0.25, 0.3) is 0 Å². The fraction of sp³-hybridized carbons (Fsp3) is 0.588. The van der Waals surface area contributed by atoms with Crippen LogP contribution < -0.4 is 9.47 Å². The number of benzene rings is 1. The smallest absolute Gasteiger partial charge is 0.267 e. The van der Waals surface area contributed by atoms with Gasteiger partial charge < -0.3 is 14.4 Å². The standard InChI is InChI=1S/C17H22N2O3/c1-12-16(22-15-5-3-2-4-14(15)21-12)17(20)19-10-8-18(9-11-19)13-6-7-13/h2-5,12-13,16H,6-11H2,1H3/t12-,16+/m1/s1. The molecule has 1 aliphatic carbocycles. The molecule has 1 saturated heterocycles. The minimum atomic E-state index is -0.539. The fourth-order valence-electron chi connectivity index (χ4n) is 3.32. The molecule has 5 nitrogen and oxygen atoms in total. The number of hydrogen-bond donors (Lipinski definition) is 0. The van der Waals surface area contributed by atoms with Gasteiger partial charge in [-0.05, 0) is 31.9 Å². The quantitative estimate of drug-likeness (QED) is 0.831. The Kier molecular flexibility index (Phi) is 3.45. The predicted molar refractivity (Wildman–Crippen MR) is 82.1 cm³/mol. The van der Waals surface area contributed by atoms with E-state index >= 15 is 0 Å². The van der Waals surface area contributed by atoms with Crippen LogP contribution in [0.5, 0.6) is 11.5 Å². The van der Waals surface area contributed by atoms with E-state index in [0.29, 0.717) is 5.75 Å². The zero-order valence-corrected chi connectivity index (χ0v) is 12.9. The molecule has 0 radical (unpaired) electrons. The maximum atomic E-state index is 12.8. The van der Waals surface area contributed by atoms with Crippen LogP contribution >= 0.6 is 0 Å². The largest absolute Gasteiger partial charge is 0.482 e. The second-order valence-corrected chi connectivity index (χ2v) is 6.40. The zero-order chi connectivity index (χ0) is 15.1. The summed E-state index contributed by atoms with van der Waals surface area (Å²) in [6.45, 7) is 5.45. The summed E-state index contributed by atoms with van der Waals surface area (Å²) in [7, 11) is 0. The van der Waals surface area contributed by atoms with Gasteiger partial charge in [-0.1, -0.05) is 12.1 Å². The Balaban J connectivity index is 1.42. The van der Waals surface area contributed by atoms with Crippen LogP contribution in [0.3, 0.4) is 0 Å². The van der Waals surface area contributed by atoms with Gasteiger partial charge in [-0.2, -0.15) is 0 Å². The highest BCUT2D eigenvalue weighted by atomic mass is 16.6. The molecule has 0 aromatic heterocycles. The van der Waals surface area contributed by atoms with Crippen LogP contribution in [-0.2, 0) is 4.79 Å². The summed E-state index contributed by atoms with van der Waals surface area (Å²) in [5, 5.41) is 0. The van der Waals surface area contributed by atoms with E-state index in [1.54, 1.807) is 0 Å². The number of ether oxygens (including phenoxy) is 2. The molecule has 2 atom stereocenters. The maximum Gasteiger partial charge on any atom is 0.267 e. The van der Waals surface area contributed by atoms with Gasteiger partial charge in [-0.3, -0.25) is 9.69 Å². The molecule has 3 aliphatic rings. The molecule has 1 saturated carbocycles. The first-order valence-electron chi connectivity index (χ1n) is 8.17. The molecule has 1 aromatic carbocycles. The van der Waals surface area contributed by atoms with Crippen LogP contribution in [0, 0.1) is 0 Å². The third kappa shape index (κ3) is 2.54. The average molecular weight is 302 g/mol. The molecular formula is C17H22N2O3. The molecule has 0 N–H and O–H groups in total. The summed E-state index contributed by atoms with van der Waals surface area (Å²) in [4.78, 5) is 17.2. The van der Waals surface area contributed by atoms with Crippen molar-refractivity contribution in [3.8, 4) is 11.5 Å². The number of carbonyl (C=O) groups excluding carboxylic acids is 1. The number of rotatable bonds is 2.